The van der Waals surface area contributed by atoms with Gasteiger partial charge in [-0.3, -0.25) is 10.1 Å². The number of amides is 2. The Bertz CT molecular complexity index is 817. The molecule has 0 atom stereocenters. The largest absolute Gasteiger partial charge is 0.493 e. The first-order valence-corrected chi connectivity index (χ1v) is 7.80. The quantitative estimate of drug-likeness (QED) is 0.538. The molecule has 0 fully saturated rings. The number of anilines is 1. The second kappa shape index (κ2) is 9.32. The maximum atomic E-state index is 12.3. The Morgan fingerprint density at radius 1 is 1.22 bits per heavy atom. The van der Waals surface area contributed by atoms with Crippen LogP contribution in [-0.4, -0.2) is 31.2 Å². The van der Waals surface area contributed by atoms with Crippen LogP contribution in [0.15, 0.2) is 42.5 Å². The smallest absolute Gasteiger partial charge is 0.387 e. The number of halogens is 2. The van der Waals surface area contributed by atoms with Crippen molar-refractivity contribution in [3.8, 4) is 11.5 Å². The van der Waals surface area contributed by atoms with Gasteiger partial charge in [-0.25, -0.2) is 4.79 Å². The van der Waals surface area contributed by atoms with Crippen LogP contribution in [0.2, 0.25) is 0 Å². The molecule has 0 aliphatic heterocycles. The highest BCUT2D eigenvalue weighted by Gasteiger charge is 2.11. The molecule has 0 aromatic heterocycles. The fourth-order valence-electron chi connectivity index (χ4n) is 2.25. The number of methoxy groups -OCH3 is 1. The van der Waals surface area contributed by atoms with Crippen molar-refractivity contribution in [2.45, 2.75) is 13.0 Å². The van der Waals surface area contributed by atoms with Crippen LogP contribution in [0.3, 0.4) is 0 Å². The highest BCUT2D eigenvalue weighted by Crippen LogP contribution is 2.29. The third-order valence-corrected chi connectivity index (χ3v) is 3.46. The van der Waals surface area contributed by atoms with Crippen LogP contribution in [0.4, 0.5) is 25.0 Å². The molecule has 0 radical (unpaired) electrons. The molecular weight excluding hydrogens is 364 g/mol. The van der Waals surface area contributed by atoms with Crippen molar-refractivity contribution in [2.24, 2.45) is 0 Å². The van der Waals surface area contributed by atoms with E-state index < -0.39 is 17.6 Å². The van der Waals surface area contributed by atoms with Gasteiger partial charge in [0, 0.05) is 24.4 Å². The first-order chi connectivity index (χ1) is 12.9. The second-order valence-corrected chi connectivity index (χ2v) is 5.30. The van der Waals surface area contributed by atoms with Crippen molar-refractivity contribution in [2.75, 3.05) is 19.0 Å². The lowest BCUT2D eigenvalue weighted by molar-refractivity contribution is -0.384. The molecule has 2 amide bonds. The van der Waals surface area contributed by atoms with E-state index in [-0.39, 0.29) is 29.4 Å². The van der Waals surface area contributed by atoms with E-state index in [1.54, 1.807) is 6.07 Å². The normalized spacial score (nSPS) is 10.4. The van der Waals surface area contributed by atoms with Crippen molar-refractivity contribution < 1.29 is 28.0 Å². The molecule has 0 unspecified atom stereocenters. The number of hydrogen-bond donors (Lipinski definition) is 2. The maximum absolute atomic E-state index is 12.3. The standard InChI is InChI=1S/C17H17F2N3O5/c1-26-15-9-11(5-6-14(15)27-16(18)19)7-8-20-17(23)21-12-3-2-4-13(10-12)22(24)25/h2-6,9-10,16H,7-8H2,1H3,(H2,20,21,23). The fourth-order valence-corrected chi connectivity index (χ4v) is 2.25. The van der Waals surface area contributed by atoms with Crippen LogP contribution < -0.4 is 20.1 Å². The highest BCUT2D eigenvalue weighted by atomic mass is 19.3. The van der Waals surface area contributed by atoms with Crippen LogP contribution in [0.25, 0.3) is 0 Å². The lowest BCUT2D eigenvalue weighted by Crippen LogP contribution is -2.30. The molecule has 8 nitrogen and oxygen atoms in total. The molecule has 0 aliphatic rings. The van der Waals surface area contributed by atoms with Gasteiger partial charge in [-0.15, -0.1) is 0 Å². The minimum atomic E-state index is -2.95. The number of benzene rings is 2. The van der Waals surface area contributed by atoms with Gasteiger partial charge in [0.05, 0.1) is 12.0 Å². The van der Waals surface area contributed by atoms with Crippen molar-refractivity contribution in [3.63, 3.8) is 0 Å². The Morgan fingerprint density at radius 3 is 2.67 bits per heavy atom. The number of nitro benzene ring substituents is 1. The van der Waals surface area contributed by atoms with Crippen molar-refractivity contribution in [1.82, 2.24) is 5.32 Å². The Labute approximate surface area is 153 Å². The summed E-state index contributed by atoms with van der Waals surface area (Å²) in [5, 5.41) is 15.8. The van der Waals surface area contributed by atoms with Gasteiger partial charge in [-0.1, -0.05) is 12.1 Å². The van der Waals surface area contributed by atoms with Crippen molar-refractivity contribution in [1.29, 1.82) is 0 Å². The summed E-state index contributed by atoms with van der Waals surface area (Å²) in [6.45, 7) is -2.71. The summed E-state index contributed by atoms with van der Waals surface area (Å²) < 4.78 is 34.0. The number of urea groups is 1. The number of rotatable bonds is 8. The summed E-state index contributed by atoms with van der Waals surface area (Å²) in [5.41, 5.74) is 0.895. The molecular formula is C17H17F2N3O5. The molecule has 0 aliphatic carbocycles. The lowest BCUT2D eigenvalue weighted by Gasteiger charge is -2.12. The number of nitrogens with one attached hydrogen (secondary N) is 2. The number of non-ortho nitro benzene ring substituents is 1. The number of nitro groups is 1. The molecule has 0 heterocycles. The van der Waals surface area contributed by atoms with Gasteiger partial charge >= 0.3 is 12.6 Å². The predicted molar refractivity (Wildman–Crippen MR) is 93.4 cm³/mol. The molecule has 27 heavy (non-hydrogen) atoms. The molecule has 0 bridgehead atoms. The van der Waals surface area contributed by atoms with Crippen molar-refractivity contribution in [3.05, 3.63) is 58.1 Å². The van der Waals surface area contributed by atoms with Gasteiger partial charge in [0.1, 0.15) is 0 Å². The molecule has 10 heteroatoms. The Kier molecular flexibility index (Phi) is 6.86. The third kappa shape index (κ3) is 6.10. The molecule has 0 saturated carbocycles. The highest BCUT2D eigenvalue weighted by molar-refractivity contribution is 5.89. The summed E-state index contributed by atoms with van der Waals surface area (Å²) >= 11 is 0. The number of carbonyl (C=O) groups is 1. The number of alkyl halides is 2. The minimum absolute atomic E-state index is 0.0763. The van der Waals surface area contributed by atoms with E-state index in [1.807, 2.05) is 0 Å². The summed E-state index contributed by atoms with van der Waals surface area (Å²) in [5.74, 6) is 0.0847. The summed E-state index contributed by atoms with van der Waals surface area (Å²) in [6.07, 6.45) is 0.410. The van der Waals surface area contributed by atoms with Gasteiger partial charge in [0.15, 0.2) is 11.5 Å². The van der Waals surface area contributed by atoms with Gasteiger partial charge in [-0.2, -0.15) is 8.78 Å². The Morgan fingerprint density at radius 2 is 2.00 bits per heavy atom. The van der Waals surface area contributed by atoms with E-state index in [0.29, 0.717) is 6.42 Å². The molecule has 144 valence electrons. The Hall–Kier alpha value is -3.43. The molecule has 0 spiro atoms. The zero-order chi connectivity index (χ0) is 19.8. The zero-order valence-corrected chi connectivity index (χ0v) is 14.3. The molecule has 2 aromatic carbocycles. The van der Waals surface area contributed by atoms with E-state index in [2.05, 4.69) is 15.4 Å². The number of ether oxygens (including phenoxy) is 2. The van der Waals surface area contributed by atoms with E-state index in [4.69, 9.17) is 4.74 Å². The van der Waals surface area contributed by atoms with Crippen LogP contribution in [0.5, 0.6) is 11.5 Å². The monoisotopic (exact) mass is 381 g/mol. The van der Waals surface area contributed by atoms with Crippen LogP contribution in [0.1, 0.15) is 5.56 Å². The van der Waals surface area contributed by atoms with E-state index >= 15 is 0 Å². The van der Waals surface area contributed by atoms with E-state index in [0.717, 1.165) is 5.56 Å². The SMILES string of the molecule is COc1cc(CCNC(=O)Nc2cccc([N+](=O)[O-])c2)ccc1OC(F)F. The molecule has 2 N–H and O–H groups in total. The third-order valence-electron chi connectivity index (χ3n) is 3.46. The number of carbonyl (C=O) groups excluding carboxylic acids is 1. The summed E-state index contributed by atoms with van der Waals surface area (Å²) in [4.78, 5) is 22.0. The summed E-state index contributed by atoms with van der Waals surface area (Å²) in [6, 6.07) is 9.51. The lowest BCUT2D eigenvalue weighted by atomic mass is 10.1. The molecule has 2 aromatic rings. The topological polar surface area (TPSA) is 103 Å². The molecule has 0 saturated heterocycles. The molecule has 2 rings (SSSR count). The zero-order valence-electron chi connectivity index (χ0n) is 14.3. The predicted octanol–water partition coefficient (Wildman–Crippen LogP) is 3.57. The van der Waals surface area contributed by atoms with Crippen molar-refractivity contribution >= 4 is 17.4 Å². The van der Waals surface area contributed by atoms with Gasteiger partial charge in [-0.05, 0) is 30.2 Å². The van der Waals surface area contributed by atoms with Gasteiger partial charge in [0.2, 0.25) is 0 Å². The maximum Gasteiger partial charge on any atom is 0.387 e. The Balaban J connectivity index is 1.87. The van der Waals surface area contributed by atoms with Crippen LogP contribution in [0, 0.1) is 10.1 Å². The second-order valence-electron chi connectivity index (χ2n) is 5.30. The van der Waals surface area contributed by atoms with E-state index in [1.165, 1.54) is 43.5 Å². The van der Waals surface area contributed by atoms with E-state index in [9.17, 15) is 23.7 Å². The fraction of sp³-hybridized carbons (Fsp3) is 0.235. The summed E-state index contributed by atoms with van der Waals surface area (Å²) in [7, 11) is 1.34. The number of nitrogens with zero attached hydrogens (tertiary/aromatic N) is 1. The van der Waals surface area contributed by atoms with Gasteiger partial charge < -0.3 is 20.1 Å². The van der Waals surface area contributed by atoms with Gasteiger partial charge in [0.25, 0.3) is 5.69 Å². The first kappa shape index (κ1) is 19.9. The average Bonchev–Trinajstić information content (AvgIpc) is 2.62. The average molecular weight is 381 g/mol. The van der Waals surface area contributed by atoms with Crippen LogP contribution in [-0.2, 0) is 6.42 Å². The number of hydrogen-bond acceptors (Lipinski definition) is 5. The first-order valence-electron chi connectivity index (χ1n) is 7.80. The van der Waals surface area contributed by atoms with Crippen LogP contribution >= 0.6 is 0 Å². The minimum Gasteiger partial charge on any atom is -0.493 e.